The lowest BCUT2D eigenvalue weighted by Gasteiger charge is -2.24. The predicted molar refractivity (Wildman–Crippen MR) is 121 cm³/mol. The van der Waals surface area contributed by atoms with Gasteiger partial charge in [0.25, 0.3) is 0 Å². The normalized spacial score (nSPS) is 15.0. The van der Waals surface area contributed by atoms with Crippen molar-refractivity contribution in [2.75, 3.05) is 0 Å². The fourth-order valence-corrected chi connectivity index (χ4v) is 4.88. The van der Waals surface area contributed by atoms with Crippen LogP contribution in [0.4, 0.5) is 17.6 Å². The summed E-state index contributed by atoms with van der Waals surface area (Å²) in [6.45, 7) is 12.7. The van der Waals surface area contributed by atoms with E-state index in [2.05, 4.69) is 27.7 Å². The first-order chi connectivity index (χ1) is 14.1. The molecule has 0 aromatic heterocycles. The number of halogens is 4. The van der Waals surface area contributed by atoms with Gasteiger partial charge in [-0.2, -0.15) is 13.2 Å². The molecule has 0 aliphatic heterocycles. The highest BCUT2D eigenvalue weighted by Gasteiger charge is 2.34. The van der Waals surface area contributed by atoms with E-state index in [-0.39, 0.29) is 4.90 Å². The zero-order valence-corrected chi connectivity index (χ0v) is 20.0. The molecule has 0 radical (unpaired) electrons. The van der Waals surface area contributed by atoms with Crippen molar-refractivity contribution in [2.45, 2.75) is 97.6 Å². The highest BCUT2D eigenvalue weighted by molar-refractivity contribution is 8.03. The predicted octanol–water partition coefficient (Wildman–Crippen LogP) is 9.95. The Balaban J connectivity index is 3.62. The van der Waals surface area contributed by atoms with Crippen molar-refractivity contribution in [1.29, 1.82) is 0 Å². The molecule has 170 valence electrons. The minimum Gasteiger partial charge on any atom is -0.207 e. The van der Waals surface area contributed by atoms with E-state index >= 15 is 0 Å². The van der Waals surface area contributed by atoms with E-state index in [4.69, 9.17) is 0 Å². The van der Waals surface area contributed by atoms with Gasteiger partial charge in [-0.3, -0.25) is 0 Å². The third-order valence-electron chi connectivity index (χ3n) is 5.66. The summed E-state index contributed by atoms with van der Waals surface area (Å²) in [4.78, 5) is 1.00. The van der Waals surface area contributed by atoms with Crippen LogP contribution in [0.3, 0.4) is 0 Å². The summed E-state index contributed by atoms with van der Waals surface area (Å²) in [5.41, 5.74) is 2.71. The van der Waals surface area contributed by atoms with Gasteiger partial charge in [-0.05, 0) is 68.7 Å². The van der Waals surface area contributed by atoms with Crippen molar-refractivity contribution in [3.8, 4) is 0 Å². The lowest BCUT2D eigenvalue weighted by atomic mass is 9.88. The molecule has 0 nitrogen and oxygen atoms in total. The summed E-state index contributed by atoms with van der Waals surface area (Å²) in [5, 5.41) is 0. The van der Waals surface area contributed by atoms with Gasteiger partial charge in [0.2, 0.25) is 0 Å². The number of rotatable bonds is 11. The molecule has 0 bridgehead atoms. The largest absolute Gasteiger partial charge is 0.417 e. The van der Waals surface area contributed by atoms with Crippen molar-refractivity contribution >= 4 is 11.8 Å². The molecule has 0 aliphatic carbocycles. The zero-order valence-electron chi connectivity index (χ0n) is 19.2. The van der Waals surface area contributed by atoms with Crippen LogP contribution >= 0.6 is 11.8 Å². The van der Waals surface area contributed by atoms with E-state index in [0.29, 0.717) is 12.0 Å². The maximum absolute atomic E-state index is 13.6. The molecule has 1 unspecified atom stereocenters. The molecule has 0 saturated carbocycles. The van der Waals surface area contributed by atoms with Crippen molar-refractivity contribution in [3.05, 3.63) is 51.2 Å². The monoisotopic (exact) mass is 444 g/mol. The second kappa shape index (κ2) is 12.6. The zero-order chi connectivity index (χ0) is 22.9. The lowest BCUT2D eigenvalue weighted by Crippen LogP contribution is -2.09. The Morgan fingerprint density at radius 3 is 2.20 bits per heavy atom. The highest BCUT2D eigenvalue weighted by atomic mass is 32.2. The Morgan fingerprint density at radius 1 is 1.03 bits per heavy atom. The van der Waals surface area contributed by atoms with Gasteiger partial charge in [-0.15, -0.1) is 0 Å². The van der Waals surface area contributed by atoms with Crippen LogP contribution in [0, 0.1) is 11.7 Å². The SMILES string of the molecule is CCCCCC(/C(Sc1ccc(F)cc1C(F)(F)F)=C(\C)CC)=C(\CC)C(C)CC. The molecule has 30 heavy (non-hydrogen) atoms. The van der Waals surface area contributed by atoms with Crippen LogP contribution < -0.4 is 0 Å². The molecular formula is C25H36F4S. The average Bonchev–Trinajstić information content (AvgIpc) is 2.71. The average molecular weight is 445 g/mol. The van der Waals surface area contributed by atoms with Gasteiger partial charge in [0.15, 0.2) is 0 Å². The number of thioether (sulfide) groups is 1. The molecule has 0 aliphatic rings. The van der Waals surface area contributed by atoms with Crippen molar-refractivity contribution in [1.82, 2.24) is 0 Å². The highest BCUT2D eigenvalue weighted by Crippen LogP contribution is 2.45. The Hall–Kier alpha value is -1.23. The van der Waals surface area contributed by atoms with E-state index in [1.165, 1.54) is 17.2 Å². The Bertz CT molecular complexity index is 744. The molecular weight excluding hydrogens is 408 g/mol. The first-order valence-corrected chi connectivity index (χ1v) is 11.9. The van der Waals surface area contributed by atoms with Crippen molar-refractivity contribution in [3.63, 3.8) is 0 Å². The first kappa shape index (κ1) is 26.8. The van der Waals surface area contributed by atoms with E-state index in [9.17, 15) is 17.6 Å². The first-order valence-electron chi connectivity index (χ1n) is 11.1. The number of benzene rings is 1. The minimum absolute atomic E-state index is 0.0688. The molecule has 0 N–H and O–H groups in total. The van der Waals surface area contributed by atoms with Gasteiger partial charge in [-0.1, -0.05) is 70.4 Å². The van der Waals surface area contributed by atoms with Crippen LogP contribution in [0.2, 0.25) is 0 Å². The molecule has 1 atom stereocenters. The van der Waals surface area contributed by atoms with E-state index in [0.717, 1.165) is 73.3 Å². The quantitative estimate of drug-likeness (QED) is 0.142. The van der Waals surface area contributed by atoms with Crippen molar-refractivity contribution in [2.24, 2.45) is 5.92 Å². The molecule has 5 heteroatoms. The fraction of sp³-hybridized carbons (Fsp3) is 0.600. The fourth-order valence-electron chi connectivity index (χ4n) is 3.57. The van der Waals surface area contributed by atoms with Crippen LogP contribution in [0.5, 0.6) is 0 Å². The van der Waals surface area contributed by atoms with Gasteiger partial charge in [-0.25, -0.2) is 4.39 Å². The molecule has 0 fully saturated rings. The van der Waals surface area contributed by atoms with Crippen LogP contribution in [-0.2, 0) is 6.18 Å². The number of hydrogen-bond acceptors (Lipinski definition) is 1. The summed E-state index contributed by atoms with van der Waals surface area (Å²) in [6.07, 6.45) is 2.11. The second-order valence-corrected chi connectivity index (χ2v) is 8.88. The van der Waals surface area contributed by atoms with Gasteiger partial charge < -0.3 is 0 Å². The number of allylic oxidation sites excluding steroid dienone is 3. The Kier molecular flexibility index (Phi) is 11.2. The van der Waals surface area contributed by atoms with E-state index in [1.54, 1.807) is 0 Å². The van der Waals surface area contributed by atoms with E-state index in [1.807, 2.05) is 13.8 Å². The van der Waals surface area contributed by atoms with Crippen LogP contribution in [0.25, 0.3) is 0 Å². The Morgan fingerprint density at radius 2 is 1.70 bits per heavy atom. The maximum Gasteiger partial charge on any atom is 0.417 e. The number of hydrogen-bond donors (Lipinski definition) is 0. The maximum atomic E-state index is 13.6. The molecule has 1 aromatic carbocycles. The van der Waals surface area contributed by atoms with Crippen molar-refractivity contribution < 1.29 is 17.6 Å². The van der Waals surface area contributed by atoms with Crippen LogP contribution in [0.15, 0.2) is 44.7 Å². The topological polar surface area (TPSA) is 0 Å². The summed E-state index contributed by atoms with van der Waals surface area (Å²) in [5.74, 6) is -0.487. The molecule has 1 aromatic rings. The smallest absolute Gasteiger partial charge is 0.207 e. The lowest BCUT2D eigenvalue weighted by molar-refractivity contribution is -0.139. The van der Waals surface area contributed by atoms with Gasteiger partial charge in [0, 0.05) is 9.80 Å². The van der Waals surface area contributed by atoms with Crippen LogP contribution in [0.1, 0.15) is 92.1 Å². The van der Waals surface area contributed by atoms with Gasteiger partial charge >= 0.3 is 6.18 Å². The standard InChI is InChI=1S/C25H36F4S/c1-7-11-12-13-21(20(10-4)17(5)8-2)24(18(6)9-3)30-23-15-14-19(26)16-22(23)25(27,28)29/h14-17H,7-13H2,1-6H3/b21-20-,24-18-. The molecule has 0 spiro atoms. The molecule has 0 amide bonds. The van der Waals surface area contributed by atoms with Crippen LogP contribution in [-0.4, -0.2) is 0 Å². The van der Waals surface area contributed by atoms with Gasteiger partial charge in [0.1, 0.15) is 5.82 Å². The summed E-state index contributed by atoms with van der Waals surface area (Å²) in [6, 6.07) is 2.99. The summed E-state index contributed by atoms with van der Waals surface area (Å²) in [7, 11) is 0. The van der Waals surface area contributed by atoms with E-state index < -0.39 is 17.6 Å². The number of unbranched alkanes of at least 4 members (excludes halogenated alkanes) is 2. The number of alkyl halides is 3. The summed E-state index contributed by atoms with van der Waals surface area (Å²) >= 11 is 1.16. The third kappa shape index (κ3) is 7.47. The minimum atomic E-state index is -4.59. The molecule has 0 saturated heterocycles. The Labute approximate surface area is 184 Å². The third-order valence-corrected chi connectivity index (χ3v) is 7.03. The second-order valence-electron chi connectivity index (χ2n) is 7.83. The molecule has 1 rings (SSSR count). The van der Waals surface area contributed by atoms with Gasteiger partial charge in [0.05, 0.1) is 5.56 Å². The summed E-state index contributed by atoms with van der Waals surface area (Å²) < 4.78 is 54.4. The molecule has 0 heterocycles.